The van der Waals surface area contributed by atoms with E-state index in [0.29, 0.717) is 24.2 Å². The summed E-state index contributed by atoms with van der Waals surface area (Å²) in [7, 11) is 1.54. The molecule has 2 N–H and O–H groups in total. The Kier molecular flexibility index (Phi) is 3.57. The molecule has 0 heterocycles. The van der Waals surface area contributed by atoms with Crippen LogP contribution in [0.4, 0.5) is 0 Å². The Morgan fingerprint density at radius 3 is 2.53 bits per heavy atom. The van der Waals surface area contributed by atoms with Gasteiger partial charge >= 0.3 is 5.97 Å². The first-order valence-electron chi connectivity index (χ1n) is 6.09. The zero-order valence-electron chi connectivity index (χ0n) is 10.6. The number of rotatable bonds is 3. The van der Waals surface area contributed by atoms with Gasteiger partial charge in [-0.1, -0.05) is 12.1 Å². The number of carbonyl (C=O) groups excluding carboxylic acids is 1. The molecule has 1 aromatic rings. The molecule has 1 aromatic carbocycles. The minimum absolute atomic E-state index is 0.213. The molecule has 0 spiro atoms. The quantitative estimate of drug-likeness (QED) is 0.860. The summed E-state index contributed by atoms with van der Waals surface area (Å²) in [4.78, 5) is 22.7. The number of carboxylic acid groups (broad SMARTS) is 1. The summed E-state index contributed by atoms with van der Waals surface area (Å²) in [5, 5.41) is 19.5. The van der Waals surface area contributed by atoms with E-state index in [1.165, 1.54) is 0 Å². The summed E-state index contributed by atoms with van der Waals surface area (Å²) in [6.07, 6.45) is 0.305. The number of aliphatic carboxylic acids is 1. The fourth-order valence-corrected chi connectivity index (χ4v) is 2.56. The molecule has 0 amide bonds. The third-order valence-electron chi connectivity index (χ3n) is 3.64. The highest BCUT2D eigenvalue weighted by atomic mass is 16.5. The van der Waals surface area contributed by atoms with Crippen LogP contribution in [-0.2, 0) is 9.59 Å². The number of benzene rings is 1. The van der Waals surface area contributed by atoms with Crippen LogP contribution in [0.2, 0.25) is 0 Å². The first kappa shape index (κ1) is 13.5. The summed E-state index contributed by atoms with van der Waals surface area (Å²) in [5.74, 6) is -1.47. The van der Waals surface area contributed by atoms with E-state index < -0.39 is 17.5 Å². The van der Waals surface area contributed by atoms with Crippen LogP contribution >= 0.6 is 0 Å². The predicted octanol–water partition coefficient (Wildman–Crippen LogP) is 1.35. The molecule has 1 saturated carbocycles. The zero-order valence-corrected chi connectivity index (χ0v) is 10.6. The molecule has 1 aliphatic rings. The van der Waals surface area contributed by atoms with Crippen LogP contribution < -0.4 is 4.74 Å². The third kappa shape index (κ3) is 2.46. The van der Waals surface area contributed by atoms with Gasteiger partial charge in [-0.05, 0) is 24.1 Å². The Bertz CT molecular complexity index is 493. The van der Waals surface area contributed by atoms with Gasteiger partial charge in [0, 0.05) is 18.8 Å². The highest BCUT2D eigenvalue weighted by molar-refractivity contribution is 5.90. The maximum Gasteiger partial charge on any atom is 0.336 e. The standard InChI is InChI=1S/C14H16O5/c1-19-11-5-2-9(3-6-11)12-7-4-10(15)8-14(12,18)13(16)17/h2-3,5-6,12,18H,4,7-8H2,1H3,(H,16,17)/t12-,14-/m0/s1. The van der Waals surface area contributed by atoms with Crippen molar-refractivity contribution in [2.75, 3.05) is 7.11 Å². The van der Waals surface area contributed by atoms with Crippen molar-refractivity contribution in [3.05, 3.63) is 29.8 Å². The number of hydrogen-bond acceptors (Lipinski definition) is 4. The number of carboxylic acids is 1. The number of methoxy groups -OCH3 is 1. The van der Waals surface area contributed by atoms with Crippen molar-refractivity contribution in [2.24, 2.45) is 0 Å². The van der Waals surface area contributed by atoms with Gasteiger partial charge in [0.05, 0.1) is 7.11 Å². The van der Waals surface area contributed by atoms with Gasteiger partial charge in [0.25, 0.3) is 0 Å². The van der Waals surface area contributed by atoms with Gasteiger partial charge in [-0.3, -0.25) is 4.79 Å². The van der Waals surface area contributed by atoms with Crippen molar-refractivity contribution in [3.63, 3.8) is 0 Å². The summed E-state index contributed by atoms with van der Waals surface area (Å²) in [6.45, 7) is 0. The normalized spacial score (nSPS) is 27.1. The molecule has 102 valence electrons. The molecule has 2 atom stereocenters. The van der Waals surface area contributed by atoms with Crippen molar-refractivity contribution < 1.29 is 24.5 Å². The van der Waals surface area contributed by atoms with Gasteiger partial charge in [-0.2, -0.15) is 0 Å². The van der Waals surface area contributed by atoms with E-state index in [9.17, 15) is 19.8 Å². The number of carbonyl (C=O) groups is 2. The molecular weight excluding hydrogens is 248 g/mol. The average molecular weight is 264 g/mol. The van der Waals surface area contributed by atoms with Crippen LogP contribution in [-0.4, -0.2) is 34.7 Å². The van der Waals surface area contributed by atoms with Gasteiger partial charge in [0.2, 0.25) is 0 Å². The first-order chi connectivity index (χ1) is 8.97. The van der Waals surface area contributed by atoms with Gasteiger partial charge in [-0.15, -0.1) is 0 Å². The number of ketones is 1. The van der Waals surface area contributed by atoms with Crippen molar-refractivity contribution >= 4 is 11.8 Å². The molecule has 0 aromatic heterocycles. The van der Waals surface area contributed by atoms with E-state index in [1.54, 1.807) is 31.4 Å². The predicted molar refractivity (Wildman–Crippen MR) is 67.2 cm³/mol. The molecule has 19 heavy (non-hydrogen) atoms. The van der Waals surface area contributed by atoms with Gasteiger partial charge in [0.15, 0.2) is 5.60 Å². The summed E-state index contributed by atoms with van der Waals surface area (Å²) in [5.41, 5.74) is -1.30. The van der Waals surface area contributed by atoms with Gasteiger partial charge in [0.1, 0.15) is 11.5 Å². The second-order valence-corrected chi connectivity index (χ2v) is 4.81. The van der Waals surface area contributed by atoms with Crippen LogP contribution in [0.5, 0.6) is 5.75 Å². The fraction of sp³-hybridized carbons (Fsp3) is 0.429. The molecule has 2 rings (SSSR count). The van der Waals surface area contributed by atoms with Gasteiger partial charge in [-0.25, -0.2) is 4.79 Å². The van der Waals surface area contributed by atoms with E-state index in [0.717, 1.165) is 0 Å². The fourth-order valence-electron chi connectivity index (χ4n) is 2.56. The topological polar surface area (TPSA) is 83.8 Å². The Morgan fingerprint density at radius 1 is 1.37 bits per heavy atom. The Labute approximate surface area is 110 Å². The Morgan fingerprint density at radius 2 is 2.00 bits per heavy atom. The Hall–Kier alpha value is -1.88. The smallest absolute Gasteiger partial charge is 0.336 e. The minimum atomic E-state index is -2.01. The molecule has 0 unspecified atom stereocenters. The molecule has 0 bridgehead atoms. The third-order valence-corrected chi connectivity index (χ3v) is 3.64. The lowest BCUT2D eigenvalue weighted by atomic mass is 9.71. The molecule has 0 saturated heterocycles. The lowest BCUT2D eigenvalue weighted by molar-refractivity contribution is -0.167. The van der Waals surface area contributed by atoms with Crippen LogP contribution in [0, 0.1) is 0 Å². The van der Waals surface area contributed by atoms with E-state index in [-0.39, 0.29) is 12.2 Å². The lowest BCUT2D eigenvalue weighted by Gasteiger charge is -2.36. The molecule has 1 fully saturated rings. The van der Waals surface area contributed by atoms with E-state index in [4.69, 9.17) is 4.74 Å². The second-order valence-electron chi connectivity index (χ2n) is 4.81. The van der Waals surface area contributed by atoms with E-state index >= 15 is 0 Å². The molecule has 0 radical (unpaired) electrons. The van der Waals surface area contributed by atoms with Crippen molar-refractivity contribution in [1.82, 2.24) is 0 Å². The summed E-state index contributed by atoms with van der Waals surface area (Å²) in [6, 6.07) is 6.89. The monoisotopic (exact) mass is 264 g/mol. The summed E-state index contributed by atoms with van der Waals surface area (Å²) >= 11 is 0. The number of hydrogen-bond donors (Lipinski definition) is 2. The highest BCUT2D eigenvalue weighted by Gasteiger charge is 2.49. The van der Waals surface area contributed by atoms with E-state index in [2.05, 4.69) is 0 Å². The van der Waals surface area contributed by atoms with Crippen LogP contribution in [0.1, 0.15) is 30.7 Å². The van der Waals surface area contributed by atoms with E-state index in [1.807, 2.05) is 0 Å². The SMILES string of the molecule is COc1ccc([C@@H]2CCC(=O)C[C@@]2(O)C(=O)O)cc1. The number of aliphatic hydroxyl groups is 1. The van der Waals surface area contributed by atoms with Crippen molar-refractivity contribution in [3.8, 4) is 5.75 Å². The van der Waals surface area contributed by atoms with Crippen LogP contribution in [0.25, 0.3) is 0 Å². The maximum absolute atomic E-state index is 11.4. The highest BCUT2D eigenvalue weighted by Crippen LogP contribution is 2.40. The van der Waals surface area contributed by atoms with Gasteiger partial charge < -0.3 is 14.9 Å². The molecule has 1 aliphatic carbocycles. The first-order valence-corrected chi connectivity index (χ1v) is 6.09. The van der Waals surface area contributed by atoms with Crippen LogP contribution in [0.15, 0.2) is 24.3 Å². The molecular formula is C14H16O5. The van der Waals surface area contributed by atoms with Crippen LogP contribution in [0.3, 0.4) is 0 Å². The van der Waals surface area contributed by atoms with Crippen molar-refractivity contribution in [1.29, 1.82) is 0 Å². The Balaban J connectivity index is 2.34. The number of Topliss-reactive ketones (excluding diaryl/α,β-unsaturated/α-hetero) is 1. The minimum Gasteiger partial charge on any atom is -0.497 e. The zero-order chi connectivity index (χ0) is 14.0. The molecule has 5 heteroatoms. The number of ether oxygens (including phenoxy) is 1. The molecule has 5 nitrogen and oxygen atoms in total. The largest absolute Gasteiger partial charge is 0.497 e. The second kappa shape index (κ2) is 5.01. The maximum atomic E-state index is 11.4. The van der Waals surface area contributed by atoms with Crippen molar-refractivity contribution in [2.45, 2.75) is 30.8 Å². The summed E-state index contributed by atoms with van der Waals surface area (Å²) < 4.78 is 5.04. The molecule has 0 aliphatic heterocycles. The lowest BCUT2D eigenvalue weighted by Crippen LogP contribution is -2.49. The average Bonchev–Trinajstić information content (AvgIpc) is 2.39.